The van der Waals surface area contributed by atoms with E-state index >= 15 is 0 Å². The monoisotopic (exact) mass is 426 g/mol. The predicted molar refractivity (Wildman–Crippen MR) is 97.0 cm³/mol. The molecule has 0 unspecified atom stereocenters. The Balaban J connectivity index is 1.82. The van der Waals surface area contributed by atoms with Crippen LogP contribution in [-0.4, -0.2) is 32.7 Å². The first-order valence-electron chi connectivity index (χ1n) is 7.90. The second-order valence-electron chi connectivity index (χ2n) is 5.92. The van der Waals surface area contributed by atoms with Crippen LogP contribution in [0.25, 0.3) is 21.3 Å². The van der Waals surface area contributed by atoms with E-state index in [0.29, 0.717) is 11.3 Å². The van der Waals surface area contributed by atoms with Gasteiger partial charge < -0.3 is 19.7 Å². The van der Waals surface area contributed by atoms with Gasteiger partial charge in [0, 0.05) is 13.1 Å². The molecule has 0 amide bonds. The van der Waals surface area contributed by atoms with Gasteiger partial charge in [-0.3, -0.25) is 0 Å². The number of nitrogens with one attached hydrogen (secondary N) is 1. The van der Waals surface area contributed by atoms with E-state index in [1.54, 1.807) is 0 Å². The van der Waals surface area contributed by atoms with Gasteiger partial charge in [0.2, 0.25) is 11.8 Å². The Labute approximate surface area is 163 Å². The maximum absolute atomic E-state index is 14.4. The van der Waals surface area contributed by atoms with Gasteiger partial charge in [0.1, 0.15) is 11.3 Å². The Kier molecular flexibility index (Phi) is 4.30. The van der Waals surface area contributed by atoms with Gasteiger partial charge in [-0.05, 0) is 6.07 Å². The summed E-state index contributed by atoms with van der Waals surface area (Å²) in [5, 5.41) is 11.7. The Morgan fingerprint density at radius 3 is 2.55 bits per heavy atom. The number of methoxy groups -OCH3 is 1. The van der Waals surface area contributed by atoms with Crippen molar-refractivity contribution in [2.45, 2.75) is 0 Å². The topological polar surface area (TPSA) is 89.3 Å². The van der Waals surface area contributed by atoms with Crippen molar-refractivity contribution in [3.05, 3.63) is 41.0 Å². The van der Waals surface area contributed by atoms with Crippen molar-refractivity contribution in [2.75, 3.05) is 12.4 Å². The molecule has 4 aromatic rings. The number of ether oxygens (including phenoxy) is 1. The minimum Gasteiger partial charge on any atom is -0.491 e. The first-order valence-corrected chi connectivity index (χ1v) is 8.71. The second-order valence-corrected chi connectivity index (χ2v) is 6.92. The van der Waals surface area contributed by atoms with Crippen molar-refractivity contribution in [3.63, 3.8) is 0 Å². The van der Waals surface area contributed by atoms with Crippen LogP contribution in [0.2, 0.25) is 0 Å². The van der Waals surface area contributed by atoms with Gasteiger partial charge in [0.05, 0.1) is 28.4 Å². The molecule has 0 saturated carbocycles. The zero-order chi connectivity index (χ0) is 21.0. The van der Waals surface area contributed by atoms with Gasteiger partial charge in [-0.1, -0.05) is 11.3 Å². The molecule has 0 radical (unpaired) electrons. The summed E-state index contributed by atoms with van der Waals surface area (Å²) in [7, 11) is 2.53. The number of anilines is 2. The minimum atomic E-state index is -1.49. The fourth-order valence-electron chi connectivity index (χ4n) is 2.84. The Morgan fingerprint density at radius 2 is 1.90 bits per heavy atom. The second kappa shape index (κ2) is 6.58. The van der Waals surface area contributed by atoms with Gasteiger partial charge in [0.25, 0.3) is 0 Å². The van der Waals surface area contributed by atoms with Crippen LogP contribution in [-0.2, 0) is 7.05 Å². The molecule has 2 N–H and O–H groups in total. The number of benzene rings is 2. The number of aryl methyl sites for hydroxylation is 1. The van der Waals surface area contributed by atoms with E-state index in [9.17, 15) is 22.4 Å². The van der Waals surface area contributed by atoms with Gasteiger partial charge in [-0.2, -0.15) is 4.39 Å². The SMILES string of the molecule is COc1c(F)c(F)c2nc(Nc3nc4cc(C(=O)O)c(F)cc4n3C)sc2c1F. The van der Waals surface area contributed by atoms with Crippen LogP contribution in [0.15, 0.2) is 12.1 Å². The molecular formula is C17H10F4N4O3S. The van der Waals surface area contributed by atoms with Gasteiger partial charge in [0.15, 0.2) is 22.5 Å². The largest absolute Gasteiger partial charge is 0.491 e. The summed E-state index contributed by atoms with van der Waals surface area (Å²) in [6.45, 7) is 0. The van der Waals surface area contributed by atoms with Crippen LogP contribution >= 0.6 is 11.3 Å². The molecule has 0 spiro atoms. The number of nitrogens with zero attached hydrogens (tertiary/aromatic N) is 3. The molecule has 0 bridgehead atoms. The normalized spacial score (nSPS) is 11.4. The smallest absolute Gasteiger partial charge is 0.338 e. The number of imidazole rings is 1. The van der Waals surface area contributed by atoms with E-state index in [2.05, 4.69) is 20.0 Å². The Morgan fingerprint density at radius 1 is 1.17 bits per heavy atom. The lowest BCUT2D eigenvalue weighted by molar-refractivity contribution is 0.0692. The van der Waals surface area contributed by atoms with E-state index in [-0.39, 0.29) is 26.8 Å². The molecule has 0 aliphatic carbocycles. The number of carbonyl (C=O) groups is 1. The number of fused-ring (bicyclic) bond motifs is 2. The zero-order valence-corrected chi connectivity index (χ0v) is 15.5. The first kappa shape index (κ1) is 18.9. The summed E-state index contributed by atoms with van der Waals surface area (Å²) in [6, 6.07) is 2.07. The summed E-state index contributed by atoms with van der Waals surface area (Å²) in [6.07, 6.45) is 0. The van der Waals surface area contributed by atoms with Crippen molar-refractivity contribution in [2.24, 2.45) is 7.05 Å². The summed E-state index contributed by atoms with van der Waals surface area (Å²) >= 11 is 0.696. The molecule has 2 heterocycles. The molecular weight excluding hydrogens is 416 g/mol. The van der Waals surface area contributed by atoms with Gasteiger partial charge in [-0.15, -0.1) is 0 Å². The summed E-state index contributed by atoms with van der Waals surface area (Å²) in [5.41, 5.74) is -0.610. The van der Waals surface area contributed by atoms with E-state index in [4.69, 9.17) is 5.11 Å². The van der Waals surface area contributed by atoms with Crippen molar-refractivity contribution < 1.29 is 32.2 Å². The number of carboxylic acids is 1. The highest BCUT2D eigenvalue weighted by atomic mass is 32.1. The molecule has 0 saturated heterocycles. The molecule has 150 valence electrons. The lowest BCUT2D eigenvalue weighted by atomic mass is 10.2. The summed E-state index contributed by atoms with van der Waals surface area (Å²) < 4.78 is 62.1. The highest BCUT2D eigenvalue weighted by molar-refractivity contribution is 7.22. The number of rotatable bonds is 4. The maximum atomic E-state index is 14.4. The van der Waals surface area contributed by atoms with Crippen LogP contribution in [0.1, 0.15) is 10.4 Å². The number of hydrogen-bond acceptors (Lipinski definition) is 6. The van der Waals surface area contributed by atoms with Crippen LogP contribution in [0.3, 0.4) is 0 Å². The van der Waals surface area contributed by atoms with Crippen molar-refractivity contribution in [1.29, 1.82) is 0 Å². The van der Waals surface area contributed by atoms with Crippen LogP contribution in [0.5, 0.6) is 5.75 Å². The average Bonchev–Trinajstić information content (AvgIpc) is 3.22. The highest BCUT2D eigenvalue weighted by Crippen LogP contribution is 2.38. The van der Waals surface area contributed by atoms with E-state index < -0.39 is 46.1 Å². The van der Waals surface area contributed by atoms with Crippen LogP contribution in [0.4, 0.5) is 28.6 Å². The van der Waals surface area contributed by atoms with Gasteiger partial charge in [-0.25, -0.2) is 27.9 Å². The third-order valence-corrected chi connectivity index (χ3v) is 5.21. The predicted octanol–water partition coefficient (Wildman–Crippen LogP) is 4.19. The van der Waals surface area contributed by atoms with Gasteiger partial charge >= 0.3 is 5.97 Å². The number of carboxylic acid groups (broad SMARTS) is 1. The zero-order valence-electron chi connectivity index (χ0n) is 14.7. The molecule has 12 heteroatoms. The molecule has 2 aromatic heterocycles. The lowest BCUT2D eigenvalue weighted by Gasteiger charge is -2.04. The summed E-state index contributed by atoms with van der Waals surface area (Å²) in [5.74, 6) is -7.08. The molecule has 0 atom stereocenters. The molecule has 0 aliphatic heterocycles. The molecule has 2 aromatic carbocycles. The average molecular weight is 426 g/mol. The fourth-order valence-corrected chi connectivity index (χ4v) is 3.72. The van der Waals surface area contributed by atoms with Crippen molar-refractivity contribution >= 4 is 49.6 Å². The molecule has 29 heavy (non-hydrogen) atoms. The molecule has 7 nitrogen and oxygen atoms in total. The number of aromatic carboxylic acids is 1. The first-order chi connectivity index (χ1) is 13.7. The van der Waals surface area contributed by atoms with E-state index in [1.165, 1.54) is 11.6 Å². The Hall–Kier alpha value is -3.41. The number of thiazole rings is 1. The Bertz CT molecular complexity index is 1320. The summed E-state index contributed by atoms with van der Waals surface area (Å²) in [4.78, 5) is 19.1. The standard InChI is InChI=1S/C17H10F4N4O3S/c1-25-8-4-6(18)5(15(26)27)3-7(8)22-16(25)24-17-23-12-9(19)10(20)13(28-2)11(21)14(12)29-17/h3-4H,1-2H3,(H,26,27)(H,22,23,24). The highest BCUT2D eigenvalue weighted by Gasteiger charge is 2.25. The maximum Gasteiger partial charge on any atom is 0.338 e. The van der Waals surface area contributed by atoms with Crippen molar-refractivity contribution in [1.82, 2.24) is 14.5 Å². The lowest BCUT2D eigenvalue weighted by Crippen LogP contribution is -2.01. The molecule has 4 rings (SSSR count). The quantitative estimate of drug-likeness (QED) is 0.376. The van der Waals surface area contributed by atoms with E-state index in [0.717, 1.165) is 19.2 Å². The third kappa shape index (κ3) is 2.83. The number of aromatic nitrogens is 3. The van der Waals surface area contributed by atoms with Crippen LogP contribution in [0, 0.1) is 23.3 Å². The van der Waals surface area contributed by atoms with E-state index in [1.807, 2.05) is 0 Å². The van der Waals surface area contributed by atoms with Crippen molar-refractivity contribution in [3.8, 4) is 5.75 Å². The molecule has 0 aliphatic rings. The third-order valence-electron chi connectivity index (χ3n) is 4.25. The number of halogens is 4. The fraction of sp³-hybridized carbons (Fsp3) is 0.118. The minimum absolute atomic E-state index is 0.0113. The molecule has 0 fully saturated rings. The number of hydrogen-bond donors (Lipinski definition) is 2. The van der Waals surface area contributed by atoms with Crippen LogP contribution < -0.4 is 10.1 Å².